The normalized spacial score (nSPS) is 12.2. The van der Waals surface area contributed by atoms with Gasteiger partial charge in [0, 0.05) is 0 Å². The molecule has 0 amide bonds. The fraction of sp³-hybridized carbons (Fsp3) is 1.00. The van der Waals surface area contributed by atoms with Gasteiger partial charge in [-0.25, -0.2) is 0 Å². The SMILES string of the molecule is CCOP(=O)(CS(=O)(=O)O)OCC.[H-].[Li+]. The third kappa shape index (κ3) is 8.01. The molecule has 0 unspecified atom stereocenters. The van der Waals surface area contributed by atoms with Crippen LogP contribution in [0.3, 0.4) is 0 Å². The van der Waals surface area contributed by atoms with E-state index in [1.54, 1.807) is 13.8 Å². The monoisotopic (exact) mass is 240 g/mol. The van der Waals surface area contributed by atoms with E-state index in [0.717, 1.165) is 0 Å². The Morgan fingerprint density at radius 2 is 1.64 bits per heavy atom. The van der Waals surface area contributed by atoms with Gasteiger partial charge in [0.15, 0.2) is 5.49 Å². The summed E-state index contributed by atoms with van der Waals surface area (Å²) >= 11 is 0. The summed E-state index contributed by atoms with van der Waals surface area (Å²) in [5.41, 5.74) is -0.998. The molecule has 0 heterocycles. The summed E-state index contributed by atoms with van der Waals surface area (Å²) in [4.78, 5) is 0. The standard InChI is InChI=1S/C5H13O6PS.Li.H/c1-3-10-12(6,11-4-2)5-13(7,8)9;;/h3-5H2,1-2H3,(H,7,8,9);;/q;+1;-1. The van der Waals surface area contributed by atoms with Gasteiger partial charge in [-0.2, -0.15) is 8.42 Å². The number of rotatable bonds is 6. The molecule has 0 bridgehead atoms. The van der Waals surface area contributed by atoms with E-state index >= 15 is 0 Å². The molecule has 0 atom stereocenters. The maximum Gasteiger partial charge on any atom is 1.00 e. The van der Waals surface area contributed by atoms with E-state index in [1.807, 2.05) is 0 Å². The van der Waals surface area contributed by atoms with E-state index in [2.05, 4.69) is 9.05 Å². The van der Waals surface area contributed by atoms with Gasteiger partial charge in [0.2, 0.25) is 0 Å². The van der Waals surface area contributed by atoms with Crippen LogP contribution < -0.4 is 18.9 Å². The number of hydrogen-bond acceptors (Lipinski definition) is 5. The molecule has 14 heavy (non-hydrogen) atoms. The van der Waals surface area contributed by atoms with Gasteiger partial charge in [-0.1, -0.05) is 0 Å². The van der Waals surface area contributed by atoms with Crippen LogP contribution in [0.25, 0.3) is 0 Å². The van der Waals surface area contributed by atoms with Crippen molar-refractivity contribution in [2.75, 3.05) is 18.7 Å². The molecule has 0 fully saturated rings. The van der Waals surface area contributed by atoms with Crippen molar-refractivity contribution in [3.05, 3.63) is 0 Å². The largest absolute Gasteiger partial charge is 1.00 e. The van der Waals surface area contributed by atoms with Crippen LogP contribution in [0, 0.1) is 0 Å². The van der Waals surface area contributed by atoms with Crippen LogP contribution >= 0.6 is 7.60 Å². The topological polar surface area (TPSA) is 89.9 Å². The van der Waals surface area contributed by atoms with Crippen LogP contribution in [0.15, 0.2) is 0 Å². The van der Waals surface area contributed by atoms with Crippen LogP contribution in [0.4, 0.5) is 0 Å². The van der Waals surface area contributed by atoms with Crippen LogP contribution in [-0.2, 0) is 23.7 Å². The average molecular weight is 240 g/mol. The summed E-state index contributed by atoms with van der Waals surface area (Å²) in [7, 11) is -8.02. The van der Waals surface area contributed by atoms with Crippen molar-refractivity contribution >= 4 is 17.7 Å². The molecular weight excluding hydrogens is 226 g/mol. The first kappa shape index (κ1) is 17.1. The summed E-state index contributed by atoms with van der Waals surface area (Å²) in [6.07, 6.45) is 0. The van der Waals surface area contributed by atoms with E-state index in [9.17, 15) is 13.0 Å². The molecule has 6 nitrogen and oxygen atoms in total. The predicted molar refractivity (Wildman–Crippen MR) is 48.4 cm³/mol. The fourth-order valence-electron chi connectivity index (χ4n) is 0.705. The van der Waals surface area contributed by atoms with Crippen LogP contribution in [0.5, 0.6) is 0 Å². The van der Waals surface area contributed by atoms with Crippen molar-refractivity contribution in [1.29, 1.82) is 0 Å². The minimum Gasteiger partial charge on any atom is -1.00 e. The van der Waals surface area contributed by atoms with Crippen molar-refractivity contribution in [1.82, 2.24) is 0 Å². The van der Waals surface area contributed by atoms with Crippen LogP contribution in [0.1, 0.15) is 15.3 Å². The number of hydrogen-bond donors (Lipinski definition) is 1. The first-order valence-corrected chi connectivity index (χ1v) is 7.00. The van der Waals surface area contributed by atoms with Crippen molar-refractivity contribution in [2.45, 2.75) is 13.8 Å². The molecule has 0 spiro atoms. The quantitative estimate of drug-likeness (QED) is 0.335. The third-order valence-corrected chi connectivity index (χ3v) is 4.85. The summed E-state index contributed by atoms with van der Waals surface area (Å²) in [5, 5.41) is 0. The van der Waals surface area contributed by atoms with E-state index in [0.29, 0.717) is 0 Å². The fourth-order valence-corrected chi connectivity index (χ4v) is 3.76. The van der Waals surface area contributed by atoms with Crippen LogP contribution in [0.2, 0.25) is 0 Å². The second kappa shape index (κ2) is 7.02. The molecule has 0 radical (unpaired) electrons. The Balaban J connectivity index is -0.000000720. The van der Waals surface area contributed by atoms with Crippen molar-refractivity contribution < 1.29 is 46.9 Å². The molecule has 0 saturated carbocycles. The Labute approximate surface area is 97.3 Å². The minimum atomic E-state index is -4.34. The maximum atomic E-state index is 11.4. The molecule has 9 heteroatoms. The molecule has 0 aliphatic heterocycles. The second-order valence-electron chi connectivity index (χ2n) is 2.16. The Kier molecular flexibility index (Phi) is 8.55. The van der Waals surface area contributed by atoms with Crippen LogP contribution in [-0.4, -0.2) is 31.7 Å². The zero-order valence-electron chi connectivity index (χ0n) is 9.47. The van der Waals surface area contributed by atoms with Crippen molar-refractivity contribution in [3.63, 3.8) is 0 Å². The predicted octanol–water partition coefficient (Wildman–Crippen LogP) is -1.79. The third-order valence-electron chi connectivity index (χ3n) is 0.973. The first-order valence-electron chi connectivity index (χ1n) is 3.66. The molecule has 0 aromatic heterocycles. The second-order valence-corrected chi connectivity index (χ2v) is 6.09. The first-order chi connectivity index (χ1) is 5.83. The Morgan fingerprint density at radius 1 is 1.29 bits per heavy atom. The van der Waals surface area contributed by atoms with Gasteiger partial charge in [0.25, 0.3) is 10.1 Å². The molecule has 0 aromatic carbocycles. The molecular formula is C5H14LiO6PS. The summed E-state index contributed by atoms with van der Waals surface area (Å²) in [6, 6.07) is 0. The van der Waals surface area contributed by atoms with E-state index in [-0.39, 0.29) is 33.5 Å². The molecule has 0 rings (SSSR count). The van der Waals surface area contributed by atoms with Crippen molar-refractivity contribution in [3.8, 4) is 0 Å². The van der Waals surface area contributed by atoms with Gasteiger partial charge >= 0.3 is 26.5 Å². The van der Waals surface area contributed by atoms with E-state index < -0.39 is 23.2 Å². The molecule has 0 aliphatic rings. The van der Waals surface area contributed by atoms with Gasteiger partial charge in [-0.15, -0.1) is 0 Å². The Bertz CT molecular complexity index is 284. The Hall–Kier alpha value is 0.657. The summed E-state index contributed by atoms with van der Waals surface area (Å²) < 4.78 is 50.0. The zero-order valence-corrected chi connectivity index (χ0v) is 10.2. The average Bonchev–Trinajstić information content (AvgIpc) is 1.82. The molecule has 82 valence electrons. The summed E-state index contributed by atoms with van der Waals surface area (Å²) in [6.45, 7) is 3.23. The van der Waals surface area contributed by atoms with Gasteiger partial charge in [0.05, 0.1) is 13.2 Å². The summed E-state index contributed by atoms with van der Waals surface area (Å²) in [5.74, 6) is 0. The molecule has 0 aromatic rings. The minimum absolute atomic E-state index is 0. The van der Waals surface area contributed by atoms with Crippen molar-refractivity contribution in [2.24, 2.45) is 0 Å². The molecule has 0 aliphatic carbocycles. The zero-order chi connectivity index (χ0) is 10.5. The Morgan fingerprint density at radius 3 is 1.86 bits per heavy atom. The van der Waals surface area contributed by atoms with Gasteiger partial charge < -0.3 is 10.5 Å². The van der Waals surface area contributed by atoms with E-state index in [1.165, 1.54) is 0 Å². The van der Waals surface area contributed by atoms with Gasteiger partial charge in [-0.3, -0.25) is 9.12 Å². The smallest absolute Gasteiger partial charge is 1.00 e. The van der Waals surface area contributed by atoms with E-state index in [4.69, 9.17) is 4.55 Å². The maximum absolute atomic E-state index is 11.4. The molecule has 1 N–H and O–H groups in total. The molecule has 0 saturated heterocycles. The van der Waals surface area contributed by atoms with Gasteiger partial charge in [-0.05, 0) is 13.8 Å². The van der Waals surface area contributed by atoms with Gasteiger partial charge in [0.1, 0.15) is 0 Å².